The van der Waals surface area contributed by atoms with Gasteiger partial charge in [0.15, 0.2) is 0 Å². The van der Waals surface area contributed by atoms with Crippen LogP contribution in [0.15, 0.2) is 36.4 Å². The average molecular weight is 237 g/mol. The van der Waals surface area contributed by atoms with Gasteiger partial charge in [-0.05, 0) is 30.4 Å². The third-order valence-electron chi connectivity index (χ3n) is 2.52. The molecule has 0 radical (unpaired) electrons. The summed E-state index contributed by atoms with van der Waals surface area (Å²) < 4.78 is 0. The molecule has 0 fully saturated rings. The van der Waals surface area contributed by atoms with E-state index in [1.807, 2.05) is 12.1 Å². The lowest BCUT2D eigenvalue weighted by molar-refractivity contribution is -0.107. The van der Waals surface area contributed by atoms with Gasteiger partial charge in [0.2, 0.25) is 0 Å². The summed E-state index contributed by atoms with van der Waals surface area (Å²) in [7, 11) is 0. The molecule has 1 nitrogen and oxygen atoms in total. The van der Waals surface area contributed by atoms with Gasteiger partial charge in [-0.15, -0.1) is 11.6 Å². The van der Waals surface area contributed by atoms with Gasteiger partial charge in [-0.2, -0.15) is 0 Å². The first-order valence-electron chi connectivity index (χ1n) is 5.51. The molecule has 0 amide bonds. The number of allylic oxidation sites excluding steroid dienone is 1. The van der Waals surface area contributed by atoms with E-state index in [0.29, 0.717) is 12.3 Å². The number of alkyl halides is 1. The van der Waals surface area contributed by atoms with Crippen molar-refractivity contribution in [2.45, 2.75) is 25.7 Å². The van der Waals surface area contributed by atoms with E-state index in [1.54, 1.807) is 0 Å². The van der Waals surface area contributed by atoms with Crippen LogP contribution in [0.1, 0.15) is 24.0 Å². The number of unbranched alkanes of at least 4 members (excludes halogenated alkanes) is 1. The minimum atomic E-state index is 0.503. The van der Waals surface area contributed by atoms with Crippen LogP contribution >= 0.6 is 11.6 Å². The minimum absolute atomic E-state index is 0.503. The number of carbonyl (C=O) groups excluding carboxylic acids is 1. The van der Waals surface area contributed by atoms with E-state index in [2.05, 4.69) is 18.7 Å². The maximum absolute atomic E-state index is 10.3. The number of rotatable bonds is 7. The molecule has 16 heavy (non-hydrogen) atoms. The first-order chi connectivity index (χ1) is 7.77. The van der Waals surface area contributed by atoms with Gasteiger partial charge >= 0.3 is 0 Å². The second-order valence-electron chi connectivity index (χ2n) is 3.89. The zero-order valence-corrected chi connectivity index (χ0v) is 10.2. The van der Waals surface area contributed by atoms with Gasteiger partial charge in [-0.3, -0.25) is 0 Å². The Bertz CT molecular complexity index is 358. The first-order valence-corrected chi connectivity index (χ1v) is 6.04. The molecule has 0 aliphatic heterocycles. The van der Waals surface area contributed by atoms with Crippen LogP contribution in [-0.2, 0) is 17.6 Å². The van der Waals surface area contributed by atoms with Crippen molar-refractivity contribution < 1.29 is 4.79 Å². The highest BCUT2D eigenvalue weighted by Gasteiger charge is 2.03. The van der Waals surface area contributed by atoms with E-state index >= 15 is 0 Å². The SMILES string of the molecule is C=C(CCl)Cc1ccccc1CCCC=O. The van der Waals surface area contributed by atoms with E-state index in [4.69, 9.17) is 11.6 Å². The minimum Gasteiger partial charge on any atom is -0.303 e. The van der Waals surface area contributed by atoms with Crippen molar-refractivity contribution in [2.24, 2.45) is 0 Å². The van der Waals surface area contributed by atoms with Gasteiger partial charge in [-0.1, -0.05) is 36.4 Å². The monoisotopic (exact) mass is 236 g/mol. The Hall–Kier alpha value is -1.08. The number of hydrogen-bond donors (Lipinski definition) is 0. The molecule has 0 aromatic heterocycles. The molecule has 1 aromatic carbocycles. The highest BCUT2D eigenvalue weighted by atomic mass is 35.5. The second-order valence-corrected chi connectivity index (χ2v) is 4.16. The fourth-order valence-corrected chi connectivity index (χ4v) is 1.76. The number of halogens is 1. The lowest BCUT2D eigenvalue weighted by atomic mass is 9.97. The summed E-state index contributed by atoms with van der Waals surface area (Å²) in [4.78, 5) is 10.3. The summed E-state index contributed by atoms with van der Waals surface area (Å²) in [5, 5.41) is 0. The fourth-order valence-electron chi connectivity index (χ4n) is 1.67. The first kappa shape index (κ1) is 13.0. The predicted octanol–water partition coefficient (Wildman–Crippen LogP) is 3.55. The Morgan fingerprint density at radius 3 is 2.62 bits per heavy atom. The third-order valence-corrected chi connectivity index (χ3v) is 2.89. The normalized spacial score (nSPS) is 10.1. The smallest absolute Gasteiger partial charge is 0.120 e. The van der Waals surface area contributed by atoms with Crippen molar-refractivity contribution >= 4 is 17.9 Å². The van der Waals surface area contributed by atoms with Crippen LogP contribution < -0.4 is 0 Å². The Kier molecular flexibility index (Phi) is 5.87. The zero-order chi connectivity index (χ0) is 11.8. The molecular formula is C14H17ClO. The molecule has 0 spiro atoms. The summed E-state index contributed by atoms with van der Waals surface area (Å²) in [5.41, 5.74) is 3.61. The molecule has 0 N–H and O–H groups in total. The molecule has 0 saturated heterocycles. The van der Waals surface area contributed by atoms with Gasteiger partial charge in [-0.25, -0.2) is 0 Å². The lowest BCUT2D eigenvalue weighted by Crippen LogP contribution is -1.97. The van der Waals surface area contributed by atoms with Crippen LogP contribution in [0.3, 0.4) is 0 Å². The van der Waals surface area contributed by atoms with Gasteiger partial charge in [0.05, 0.1) is 0 Å². The maximum atomic E-state index is 10.3. The Morgan fingerprint density at radius 2 is 2.00 bits per heavy atom. The van der Waals surface area contributed by atoms with Gasteiger partial charge < -0.3 is 4.79 Å². The highest BCUT2D eigenvalue weighted by Crippen LogP contribution is 2.15. The molecule has 0 aliphatic rings. The fraction of sp³-hybridized carbons (Fsp3) is 0.357. The summed E-state index contributed by atoms with van der Waals surface area (Å²) in [6, 6.07) is 8.28. The lowest BCUT2D eigenvalue weighted by Gasteiger charge is -2.09. The number of hydrogen-bond acceptors (Lipinski definition) is 1. The maximum Gasteiger partial charge on any atom is 0.120 e. The van der Waals surface area contributed by atoms with Crippen molar-refractivity contribution in [1.82, 2.24) is 0 Å². The summed E-state index contributed by atoms with van der Waals surface area (Å²) >= 11 is 5.74. The van der Waals surface area contributed by atoms with Gasteiger partial charge in [0, 0.05) is 12.3 Å². The van der Waals surface area contributed by atoms with E-state index < -0.39 is 0 Å². The molecular weight excluding hydrogens is 220 g/mol. The molecule has 86 valence electrons. The zero-order valence-electron chi connectivity index (χ0n) is 9.42. The Labute approximate surface area is 102 Å². The van der Waals surface area contributed by atoms with Crippen LogP contribution in [-0.4, -0.2) is 12.2 Å². The van der Waals surface area contributed by atoms with Crippen molar-refractivity contribution in [1.29, 1.82) is 0 Å². The average Bonchev–Trinajstić information content (AvgIpc) is 2.31. The van der Waals surface area contributed by atoms with Crippen molar-refractivity contribution in [2.75, 3.05) is 5.88 Å². The van der Waals surface area contributed by atoms with E-state index in [9.17, 15) is 4.79 Å². The number of carbonyl (C=O) groups is 1. The van der Waals surface area contributed by atoms with E-state index in [-0.39, 0.29) is 0 Å². The molecule has 0 bridgehead atoms. The molecule has 1 aromatic rings. The number of aldehydes is 1. The number of benzene rings is 1. The Balaban J connectivity index is 2.67. The van der Waals surface area contributed by atoms with Crippen LogP contribution in [0.2, 0.25) is 0 Å². The van der Waals surface area contributed by atoms with Crippen LogP contribution in [0.25, 0.3) is 0 Å². The quantitative estimate of drug-likeness (QED) is 0.306. The summed E-state index contributed by atoms with van der Waals surface area (Å²) in [5.74, 6) is 0.503. The van der Waals surface area contributed by atoms with Crippen molar-refractivity contribution in [3.63, 3.8) is 0 Å². The summed E-state index contributed by atoms with van der Waals surface area (Å²) in [6.45, 7) is 3.92. The molecule has 0 aliphatic carbocycles. The molecule has 0 atom stereocenters. The van der Waals surface area contributed by atoms with Gasteiger partial charge in [0.1, 0.15) is 6.29 Å². The summed E-state index contributed by atoms with van der Waals surface area (Å²) in [6.07, 6.45) is 4.30. The second kappa shape index (κ2) is 7.24. The van der Waals surface area contributed by atoms with Gasteiger partial charge in [0.25, 0.3) is 0 Å². The van der Waals surface area contributed by atoms with Crippen molar-refractivity contribution in [3.8, 4) is 0 Å². The molecule has 0 heterocycles. The topological polar surface area (TPSA) is 17.1 Å². The molecule has 0 saturated carbocycles. The molecule has 2 heteroatoms. The molecule has 0 unspecified atom stereocenters. The standard InChI is InChI=1S/C14H17ClO/c1-12(11-15)10-14-8-3-2-6-13(14)7-4-5-9-16/h2-3,6,8-9H,1,4-5,7,10-11H2. The van der Waals surface area contributed by atoms with E-state index in [1.165, 1.54) is 11.1 Å². The van der Waals surface area contributed by atoms with Crippen LogP contribution in [0.5, 0.6) is 0 Å². The molecule has 1 rings (SSSR count). The largest absolute Gasteiger partial charge is 0.303 e. The third kappa shape index (κ3) is 4.19. The van der Waals surface area contributed by atoms with Crippen molar-refractivity contribution in [3.05, 3.63) is 47.5 Å². The van der Waals surface area contributed by atoms with E-state index in [0.717, 1.165) is 31.1 Å². The number of aryl methyl sites for hydroxylation is 1. The predicted molar refractivity (Wildman–Crippen MR) is 69.0 cm³/mol. The van der Waals surface area contributed by atoms with Crippen LogP contribution in [0, 0.1) is 0 Å². The highest BCUT2D eigenvalue weighted by molar-refractivity contribution is 6.19. The van der Waals surface area contributed by atoms with Crippen LogP contribution in [0.4, 0.5) is 0 Å². The Morgan fingerprint density at radius 1 is 1.31 bits per heavy atom.